The van der Waals surface area contributed by atoms with Gasteiger partial charge in [-0.2, -0.15) is 26.3 Å². The molecule has 192 valence electrons. The number of carbonyl (C=O) groups excluding carboxylic acids is 1. The van der Waals surface area contributed by atoms with Gasteiger partial charge in [-0.3, -0.25) is 4.79 Å². The first-order valence-corrected chi connectivity index (χ1v) is 10.8. The Morgan fingerprint density at radius 2 is 1.43 bits per heavy atom. The number of rotatable bonds is 4. The second-order valence-corrected chi connectivity index (χ2v) is 8.21. The van der Waals surface area contributed by atoms with Gasteiger partial charge in [-0.1, -0.05) is 48.5 Å². The molecule has 11 heteroatoms. The highest BCUT2D eigenvalue weighted by Gasteiger charge is 2.37. The summed E-state index contributed by atoms with van der Waals surface area (Å²) in [4.78, 5) is 29.1. The average Bonchev–Trinajstić information content (AvgIpc) is 2.83. The molecule has 0 atom stereocenters. The van der Waals surface area contributed by atoms with Crippen LogP contribution in [0.1, 0.15) is 16.7 Å². The molecule has 0 fully saturated rings. The number of ether oxygens (including phenoxy) is 1. The summed E-state index contributed by atoms with van der Waals surface area (Å²) in [6, 6.07) is 16.4. The van der Waals surface area contributed by atoms with Crippen molar-refractivity contribution in [3.63, 3.8) is 0 Å². The Morgan fingerprint density at radius 3 is 2.03 bits per heavy atom. The summed E-state index contributed by atoms with van der Waals surface area (Å²) in [5.41, 5.74) is -2.82. The number of pyridine rings is 1. The van der Waals surface area contributed by atoms with E-state index in [1.54, 1.807) is 54.6 Å². The number of para-hydroxylation sites is 1. The normalized spacial score (nSPS) is 12.0. The topological polar surface area (TPSA) is 62.4 Å². The molecule has 0 saturated carbocycles. The minimum atomic E-state index is -5.03. The van der Waals surface area contributed by atoms with Crippen LogP contribution >= 0.6 is 0 Å². The first-order valence-electron chi connectivity index (χ1n) is 10.8. The Bertz CT molecular complexity index is 1480. The Hall–Kier alpha value is -4.28. The van der Waals surface area contributed by atoms with Gasteiger partial charge in [0, 0.05) is 30.1 Å². The molecule has 3 aromatic carbocycles. The van der Waals surface area contributed by atoms with Crippen molar-refractivity contribution in [3.05, 3.63) is 99.8 Å². The minimum absolute atomic E-state index is 0.00256. The lowest BCUT2D eigenvalue weighted by molar-refractivity contribution is -0.143. The van der Waals surface area contributed by atoms with E-state index in [1.165, 1.54) is 0 Å². The van der Waals surface area contributed by atoms with Gasteiger partial charge in [0.05, 0.1) is 11.1 Å². The van der Waals surface area contributed by atoms with Gasteiger partial charge in [0.2, 0.25) is 5.75 Å². The third kappa shape index (κ3) is 5.60. The van der Waals surface area contributed by atoms with Crippen LogP contribution in [0.25, 0.3) is 22.0 Å². The van der Waals surface area contributed by atoms with Crippen LogP contribution in [0, 0.1) is 0 Å². The monoisotopic (exact) mass is 520 g/mol. The number of carbonyl (C=O) groups is 1. The van der Waals surface area contributed by atoms with E-state index in [1.807, 2.05) is 0 Å². The van der Waals surface area contributed by atoms with Crippen molar-refractivity contribution in [2.75, 3.05) is 7.05 Å². The average molecular weight is 520 g/mol. The Labute approximate surface area is 205 Å². The lowest BCUT2D eigenvalue weighted by atomic mass is 10.0. The van der Waals surface area contributed by atoms with Crippen LogP contribution in [0.2, 0.25) is 0 Å². The van der Waals surface area contributed by atoms with Crippen molar-refractivity contribution in [3.8, 4) is 16.9 Å². The highest BCUT2D eigenvalue weighted by molar-refractivity contribution is 5.98. The van der Waals surface area contributed by atoms with E-state index in [4.69, 9.17) is 4.74 Å². The van der Waals surface area contributed by atoms with Crippen LogP contribution in [0.4, 0.5) is 31.1 Å². The van der Waals surface area contributed by atoms with Crippen molar-refractivity contribution in [1.82, 2.24) is 9.88 Å². The number of H-pyrrole nitrogens is 1. The predicted molar refractivity (Wildman–Crippen MR) is 124 cm³/mol. The van der Waals surface area contributed by atoms with Gasteiger partial charge in [-0.05, 0) is 35.4 Å². The molecule has 0 aliphatic heterocycles. The van der Waals surface area contributed by atoms with Crippen LogP contribution in [0.5, 0.6) is 5.75 Å². The number of hydrogen-bond acceptors (Lipinski definition) is 3. The molecule has 0 aliphatic rings. The van der Waals surface area contributed by atoms with Crippen LogP contribution in [-0.2, 0) is 18.9 Å². The van der Waals surface area contributed by atoms with Gasteiger partial charge in [0.1, 0.15) is 0 Å². The second kappa shape index (κ2) is 9.64. The third-order valence-corrected chi connectivity index (χ3v) is 5.51. The van der Waals surface area contributed by atoms with E-state index in [-0.39, 0.29) is 11.8 Å². The number of aromatic nitrogens is 1. The SMILES string of the molecule is CN(Cc1cc(C(F)(F)F)cc(C(F)(F)F)c1)C(=O)Oc1c(-c2ccccc2)c2ccccc2[nH]c1=O. The lowest BCUT2D eigenvalue weighted by Crippen LogP contribution is -2.31. The summed E-state index contributed by atoms with van der Waals surface area (Å²) < 4.78 is 84.5. The molecule has 37 heavy (non-hydrogen) atoms. The third-order valence-electron chi connectivity index (χ3n) is 5.51. The molecule has 4 rings (SSSR count). The molecule has 0 radical (unpaired) electrons. The standard InChI is InChI=1S/C26H18F6N2O3/c1-34(14-15-11-17(25(27,28)29)13-18(12-15)26(30,31)32)24(36)37-22-21(16-7-3-2-4-8-16)19-9-5-6-10-20(19)33-23(22)35/h2-13H,14H2,1H3,(H,33,35). The predicted octanol–water partition coefficient (Wildman–Crippen LogP) is 6.86. The molecule has 1 aromatic heterocycles. The highest BCUT2D eigenvalue weighted by Crippen LogP contribution is 2.37. The molecule has 5 nitrogen and oxygen atoms in total. The highest BCUT2D eigenvalue weighted by atomic mass is 19.4. The maximum Gasteiger partial charge on any atom is 0.416 e. The van der Waals surface area contributed by atoms with E-state index < -0.39 is 47.2 Å². The number of hydrogen-bond donors (Lipinski definition) is 1. The fourth-order valence-electron chi connectivity index (χ4n) is 3.83. The molecule has 0 aliphatic carbocycles. The van der Waals surface area contributed by atoms with E-state index in [2.05, 4.69) is 4.98 Å². The molecule has 1 amide bonds. The number of fused-ring (bicyclic) bond motifs is 1. The number of nitrogens with zero attached hydrogens (tertiary/aromatic N) is 1. The molecule has 4 aromatic rings. The van der Waals surface area contributed by atoms with Crippen LogP contribution in [0.15, 0.2) is 77.6 Å². The summed E-state index contributed by atoms with van der Waals surface area (Å²) >= 11 is 0. The molecule has 1 heterocycles. The summed E-state index contributed by atoms with van der Waals surface area (Å²) in [6.45, 7) is -0.641. The fraction of sp³-hybridized carbons (Fsp3) is 0.154. The Kier molecular flexibility index (Phi) is 6.72. The van der Waals surface area contributed by atoms with Gasteiger partial charge >= 0.3 is 18.4 Å². The van der Waals surface area contributed by atoms with Crippen molar-refractivity contribution in [2.45, 2.75) is 18.9 Å². The van der Waals surface area contributed by atoms with Crippen LogP contribution < -0.4 is 10.3 Å². The quantitative estimate of drug-likeness (QED) is 0.299. The van der Waals surface area contributed by atoms with E-state index in [0.717, 1.165) is 11.9 Å². The van der Waals surface area contributed by atoms with Crippen molar-refractivity contribution in [2.24, 2.45) is 0 Å². The van der Waals surface area contributed by atoms with Crippen LogP contribution in [0.3, 0.4) is 0 Å². The Balaban J connectivity index is 1.70. The van der Waals surface area contributed by atoms with Crippen molar-refractivity contribution < 1.29 is 35.9 Å². The van der Waals surface area contributed by atoms with Crippen LogP contribution in [-0.4, -0.2) is 23.0 Å². The van der Waals surface area contributed by atoms with Gasteiger partial charge in [-0.15, -0.1) is 0 Å². The van der Waals surface area contributed by atoms with Crippen molar-refractivity contribution in [1.29, 1.82) is 0 Å². The van der Waals surface area contributed by atoms with Crippen molar-refractivity contribution >= 4 is 17.0 Å². The molecule has 0 unspecified atom stereocenters. The first-order chi connectivity index (χ1) is 17.3. The zero-order valence-electron chi connectivity index (χ0n) is 19.1. The maximum absolute atomic E-state index is 13.2. The Morgan fingerprint density at radius 1 is 0.865 bits per heavy atom. The largest absolute Gasteiger partial charge is 0.416 e. The number of amides is 1. The van der Waals surface area contributed by atoms with Gasteiger partial charge < -0.3 is 14.6 Å². The van der Waals surface area contributed by atoms with Gasteiger partial charge in [-0.25, -0.2) is 4.79 Å². The number of nitrogens with one attached hydrogen (secondary N) is 1. The number of alkyl halides is 6. The molecule has 1 N–H and O–H groups in total. The minimum Gasteiger partial charge on any atom is -0.404 e. The van der Waals surface area contributed by atoms with E-state index in [0.29, 0.717) is 34.2 Å². The molecule has 0 bridgehead atoms. The lowest BCUT2D eigenvalue weighted by Gasteiger charge is -2.20. The maximum atomic E-state index is 13.2. The fourth-order valence-corrected chi connectivity index (χ4v) is 3.83. The van der Waals surface area contributed by atoms with E-state index in [9.17, 15) is 35.9 Å². The van der Waals surface area contributed by atoms with E-state index >= 15 is 0 Å². The zero-order valence-corrected chi connectivity index (χ0v) is 19.1. The molecule has 0 saturated heterocycles. The second-order valence-electron chi connectivity index (χ2n) is 8.21. The number of aromatic amines is 1. The number of benzene rings is 3. The summed E-state index contributed by atoms with van der Waals surface area (Å²) in [7, 11) is 1.13. The van der Waals surface area contributed by atoms with Gasteiger partial charge in [0.25, 0.3) is 5.56 Å². The smallest absolute Gasteiger partial charge is 0.404 e. The molecule has 0 spiro atoms. The first kappa shape index (κ1) is 25.8. The summed E-state index contributed by atoms with van der Waals surface area (Å²) in [5, 5.41) is 0.562. The number of halogens is 6. The van der Waals surface area contributed by atoms with Gasteiger partial charge in [0.15, 0.2) is 0 Å². The molecular weight excluding hydrogens is 502 g/mol. The molecular formula is C26H18F6N2O3. The summed E-state index contributed by atoms with van der Waals surface area (Å²) in [6.07, 6.45) is -11.2. The summed E-state index contributed by atoms with van der Waals surface area (Å²) in [5.74, 6) is -0.359. The zero-order chi connectivity index (χ0) is 27.0.